The van der Waals surface area contributed by atoms with Crippen LogP contribution >= 0.6 is 0 Å². The predicted molar refractivity (Wildman–Crippen MR) is 75.7 cm³/mol. The fraction of sp³-hybridized carbons (Fsp3) is 0.562. The Labute approximate surface area is 115 Å². The minimum atomic E-state index is -0.377. The van der Waals surface area contributed by atoms with Gasteiger partial charge in [0.15, 0.2) is 0 Å². The molecule has 1 atom stereocenters. The van der Waals surface area contributed by atoms with Crippen LogP contribution in [0.4, 0.5) is 0 Å². The Bertz CT molecular complexity index is 456. The predicted octanol–water partition coefficient (Wildman–Crippen LogP) is 2.81. The average molecular weight is 261 g/mol. The lowest BCUT2D eigenvalue weighted by Gasteiger charge is -2.28. The smallest absolute Gasteiger partial charge is 0.219 e. The van der Waals surface area contributed by atoms with Gasteiger partial charge in [0.05, 0.1) is 6.10 Å². The van der Waals surface area contributed by atoms with E-state index in [0.29, 0.717) is 6.54 Å². The lowest BCUT2D eigenvalue weighted by atomic mass is 9.94. The van der Waals surface area contributed by atoms with Crippen molar-refractivity contribution >= 4 is 5.91 Å². The molecule has 0 saturated heterocycles. The number of benzene rings is 1. The van der Waals surface area contributed by atoms with Crippen LogP contribution < -0.4 is 0 Å². The van der Waals surface area contributed by atoms with E-state index < -0.39 is 0 Å². The van der Waals surface area contributed by atoms with E-state index in [1.165, 1.54) is 11.1 Å². The maximum atomic E-state index is 11.4. The quantitative estimate of drug-likeness (QED) is 0.905. The van der Waals surface area contributed by atoms with Crippen molar-refractivity contribution in [1.82, 2.24) is 4.90 Å². The van der Waals surface area contributed by atoms with Crippen molar-refractivity contribution in [3.63, 3.8) is 0 Å². The van der Waals surface area contributed by atoms with Crippen LogP contribution in [0.3, 0.4) is 0 Å². The second-order valence-electron chi connectivity index (χ2n) is 5.38. The summed E-state index contributed by atoms with van der Waals surface area (Å²) in [5.74, 6) is 0.127. The number of nitrogens with zero attached hydrogens (tertiary/aromatic N) is 1. The number of fused-ring (bicyclic) bond motifs is 1. The Morgan fingerprint density at radius 1 is 1.42 bits per heavy atom. The van der Waals surface area contributed by atoms with E-state index >= 15 is 0 Å². The molecule has 3 nitrogen and oxygen atoms in total. The molecule has 1 unspecified atom stereocenters. The van der Waals surface area contributed by atoms with Crippen molar-refractivity contribution in [2.45, 2.75) is 52.2 Å². The average Bonchev–Trinajstić information content (AvgIpc) is 2.43. The molecule has 1 aliphatic heterocycles. The Morgan fingerprint density at radius 2 is 2.21 bits per heavy atom. The maximum absolute atomic E-state index is 11.4. The van der Waals surface area contributed by atoms with Gasteiger partial charge in [-0.05, 0) is 29.5 Å². The molecule has 1 aromatic rings. The van der Waals surface area contributed by atoms with Crippen molar-refractivity contribution < 1.29 is 9.90 Å². The summed E-state index contributed by atoms with van der Waals surface area (Å²) < 4.78 is 0. The lowest BCUT2D eigenvalue weighted by molar-refractivity contribution is -0.129. The number of carbonyl (C=O) groups is 1. The zero-order chi connectivity index (χ0) is 13.8. The van der Waals surface area contributed by atoms with Gasteiger partial charge < -0.3 is 10.0 Å². The Hall–Kier alpha value is -1.35. The minimum absolute atomic E-state index is 0.127. The third-order valence-electron chi connectivity index (χ3n) is 3.90. The summed E-state index contributed by atoms with van der Waals surface area (Å²) in [5.41, 5.74) is 3.48. The van der Waals surface area contributed by atoms with Crippen LogP contribution in [-0.4, -0.2) is 22.5 Å². The standard InChI is InChI=1S/C16H23NO2/c1-3-4-5-16(19)14-7-6-13-8-9-17(12(2)18)11-15(13)10-14/h6-7,10,16,19H,3-5,8-9,11H2,1-2H3. The largest absolute Gasteiger partial charge is 0.388 e. The highest BCUT2D eigenvalue weighted by atomic mass is 16.3. The number of aliphatic hydroxyl groups excluding tert-OH is 1. The monoisotopic (exact) mass is 261 g/mol. The van der Waals surface area contributed by atoms with Crippen LogP contribution in [0.15, 0.2) is 18.2 Å². The van der Waals surface area contributed by atoms with Gasteiger partial charge in [-0.1, -0.05) is 38.0 Å². The molecule has 1 aliphatic rings. The Kier molecular flexibility index (Phi) is 4.59. The third kappa shape index (κ3) is 3.35. The molecule has 0 fully saturated rings. The van der Waals surface area contributed by atoms with Crippen LogP contribution in [0.25, 0.3) is 0 Å². The lowest BCUT2D eigenvalue weighted by Crippen LogP contribution is -2.34. The van der Waals surface area contributed by atoms with Gasteiger partial charge in [-0.25, -0.2) is 0 Å². The van der Waals surface area contributed by atoms with Crippen LogP contribution in [0, 0.1) is 0 Å². The molecule has 19 heavy (non-hydrogen) atoms. The Balaban J connectivity index is 2.14. The van der Waals surface area contributed by atoms with Gasteiger partial charge in [0.1, 0.15) is 0 Å². The van der Waals surface area contributed by atoms with Gasteiger partial charge in [0.2, 0.25) is 5.91 Å². The molecule has 0 saturated carbocycles. The summed E-state index contributed by atoms with van der Waals surface area (Å²) in [5, 5.41) is 10.1. The molecule has 3 heteroatoms. The van der Waals surface area contributed by atoms with Crippen molar-refractivity contribution in [3.8, 4) is 0 Å². The number of amides is 1. The van der Waals surface area contributed by atoms with Gasteiger partial charge in [-0.3, -0.25) is 4.79 Å². The fourth-order valence-corrected chi connectivity index (χ4v) is 2.62. The van der Waals surface area contributed by atoms with Gasteiger partial charge in [-0.2, -0.15) is 0 Å². The fourth-order valence-electron chi connectivity index (χ4n) is 2.62. The number of carbonyl (C=O) groups excluding carboxylic acids is 1. The summed E-state index contributed by atoms with van der Waals surface area (Å²) in [4.78, 5) is 13.3. The Morgan fingerprint density at radius 3 is 2.89 bits per heavy atom. The minimum Gasteiger partial charge on any atom is -0.388 e. The van der Waals surface area contributed by atoms with E-state index in [-0.39, 0.29) is 12.0 Å². The van der Waals surface area contributed by atoms with Gasteiger partial charge in [0.25, 0.3) is 0 Å². The maximum Gasteiger partial charge on any atom is 0.219 e. The van der Waals surface area contributed by atoms with Crippen molar-refractivity contribution in [2.24, 2.45) is 0 Å². The van der Waals surface area contributed by atoms with Crippen LogP contribution in [0.1, 0.15) is 55.9 Å². The van der Waals surface area contributed by atoms with E-state index in [4.69, 9.17) is 0 Å². The first kappa shape index (κ1) is 14.1. The number of unbranched alkanes of at least 4 members (excludes halogenated alkanes) is 1. The molecule has 1 heterocycles. The molecule has 104 valence electrons. The van der Waals surface area contributed by atoms with Crippen molar-refractivity contribution in [2.75, 3.05) is 6.54 Å². The molecule has 1 N–H and O–H groups in total. The van der Waals surface area contributed by atoms with Crippen molar-refractivity contribution in [3.05, 3.63) is 34.9 Å². The van der Waals surface area contributed by atoms with Crippen LogP contribution in [-0.2, 0) is 17.8 Å². The number of hydrogen-bond acceptors (Lipinski definition) is 2. The third-order valence-corrected chi connectivity index (χ3v) is 3.90. The number of rotatable bonds is 4. The molecule has 1 aromatic carbocycles. The van der Waals surface area contributed by atoms with Gasteiger partial charge in [0, 0.05) is 20.0 Å². The molecule has 0 radical (unpaired) electrons. The summed E-state index contributed by atoms with van der Waals surface area (Å²) in [7, 11) is 0. The van der Waals surface area contributed by atoms with E-state index in [1.807, 2.05) is 11.0 Å². The van der Waals surface area contributed by atoms with Gasteiger partial charge in [-0.15, -0.1) is 0 Å². The van der Waals surface area contributed by atoms with Crippen LogP contribution in [0.5, 0.6) is 0 Å². The number of hydrogen-bond donors (Lipinski definition) is 1. The summed E-state index contributed by atoms with van der Waals surface area (Å²) >= 11 is 0. The van der Waals surface area contributed by atoms with E-state index in [2.05, 4.69) is 19.1 Å². The molecule has 0 aliphatic carbocycles. The molecular weight excluding hydrogens is 238 g/mol. The normalized spacial score (nSPS) is 16.1. The SMILES string of the molecule is CCCCC(O)c1ccc2c(c1)CN(C(C)=O)CC2. The zero-order valence-corrected chi connectivity index (χ0v) is 11.9. The summed E-state index contributed by atoms with van der Waals surface area (Å²) in [6.07, 6.45) is 3.49. The first-order chi connectivity index (χ1) is 9.11. The zero-order valence-electron chi connectivity index (χ0n) is 11.9. The molecule has 0 spiro atoms. The van der Waals surface area contributed by atoms with E-state index in [9.17, 15) is 9.90 Å². The van der Waals surface area contributed by atoms with E-state index in [1.54, 1.807) is 6.92 Å². The van der Waals surface area contributed by atoms with Crippen LogP contribution in [0.2, 0.25) is 0 Å². The molecular formula is C16H23NO2. The van der Waals surface area contributed by atoms with Crippen molar-refractivity contribution in [1.29, 1.82) is 0 Å². The molecule has 0 bridgehead atoms. The second-order valence-corrected chi connectivity index (χ2v) is 5.38. The summed E-state index contributed by atoms with van der Waals surface area (Å²) in [6, 6.07) is 6.21. The molecule has 0 aromatic heterocycles. The highest BCUT2D eigenvalue weighted by molar-refractivity contribution is 5.73. The summed E-state index contributed by atoms with van der Waals surface area (Å²) in [6.45, 7) is 5.23. The van der Waals surface area contributed by atoms with Gasteiger partial charge >= 0.3 is 0 Å². The first-order valence-electron chi connectivity index (χ1n) is 7.17. The molecule has 1 amide bonds. The second kappa shape index (κ2) is 6.20. The topological polar surface area (TPSA) is 40.5 Å². The highest BCUT2D eigenvalue weighted by Crippen LogP contribution is 2.25. The number of aliphatic hydroxyl groups is 1. The van der Waals surface area contributed by atoms with E-state index in [0.717, 1.165) is 37.8 Å². The highest BCUT2D eigenvalue weighted by Gasteiger charge is 2.19. The first-order valence-corrected chi connectivity index (χ1v) is 7.17. The molecule has 2 rings (SSSR count).